The van der Waals surface area contributed by atoms with Gasteiger partial charge in [-0.1, -0.05) is 18.7 Å². The molecule has 1 amide bonds. The summed E-state index contributed by atoms with van der Waals surface area (Å²) in [7, 11) is -3.35. The molecular weight excluding hydrogens is 254 g/mol. The first-order chi connectivity index (χ1) is 8.53. The SMILES string of the molecule is C=CC(=O)NCC1CS(=O)(=O)c2ccccc2O1. The van der Waals surface area contributed by atoms with Gasteiger partial charge >= 0.3 is 0 Å². The molecule has 0 bridgehead atoms. The normalized spacial score (nSPS) is 20.3. The van der Waals surface area contributed by atoms with Gasteiger partial charge in [0.1, 0.15) is 16.7 Å². The van der Waals surface area contributed by atoms with Crippen LogP contribution >= 0.6 is 0 Å². The van der Waals surface area contributed by atoms with Crippen molar-refractivity contribution >= 4 is 15.7 Å². The number of fused-ring (bicyclic) bond motifs is 1. The van der Waals surface area contributed by atoms with E-state index in [1.54, 1.807) is 18.2 Å². The van der Waals surface area contributed by atoms with Gasteiger partial charge in [0.05, 0.1) is 12.3 Å². The van der Waals surface area contributed by atoms with Gasteiger partial charge in [-0.05, 0) is 18.2 Å². The molecule has 1 atom stereocenters. The Kier molecular flexibility index (Phi) is 3.38. The minimum Gasteiger partial charge on any atom is -0.486 e. The fourth-order valence-corrected chi connectivity index (χ4v) is 3.30. The molecule has 0 saturated heterocycles. The van der Waals surface area contributed by atoms with E-state index in [1.165, 1.54) is 6.07 Å². The maximum Gasteiger partial charge on any atom is 0.243 e. The molecule has 1 N–H and O–H groups in total. The average Bonchev–Trinajstić information content (AvgIpc) is 2.35. The molecule has 0 spiro atoms. The molecule has 1 aliphatic rings. The zero-order valence-corrected chi connectivity index (χ0v) is 10.4. The summed E-state index contributed by atoms with van der Waals surface area (Å²) in [5.74, 6) is -0.155. The summed E-state index contributed by atoms with van der Waals surface area (Å²) < 4.78 is 29.5. The summed E-state index contributed by atoms with van der Waals surface area (Å²) in [4.78, 5) is 11.2. The molecular formula is C12H13NO4S. The van der Waals surface area contributed by atoms with Gasteiger partial charge in [-0.2, -0.15) is 0 Å². The van der Waals surface area contributed by atoms with Crippen LogP contribution < -0.4 is 10.1 Å². The largest absolute Gasteiger partial charge is 0.486 e. The van der Waals surface area contributed by atoms with Gasteiger partial charge < -0.3 is 10.1 Å². The highest BCUT2D eigenvalue weighted by Gasteiger charge is 2.31. The smallest absolute Gasteiger partial charge is 0.243 e. The first-order valence-corrected chi connectivity index (χ1v) is 7.07. The maximum absolute atomic E-state index is 12.0. The van der Waals surface area contributed by atoms with Crippen LogP contribution in [0.1, 0.15) is 0 Å². The van der Waals surface area contributed by atoms with Crippen LogP contribution in [0.5, 0.6) is 5.75 Å². The van der Waals surface area contributed by atoms with E-state index >= 15 is 0 Å². The monoisotopic (exact) mass is 267 g/mol. The molecule has 1 heterocycles. The third-order valence-corrected chi connectivity index (χ3v) is 4.39. The maximum atomic E-state index is 12.0. The Labute approximate surface area is 105 Å². The molecule has 96 valence electrons. The van der Waals surface area contributed by atoms with Crippen molar-refractivity contribution in [1.82, 2.24) is 5.32 Å². The number of hydrogen-bond donors (Lipinski definition) is 1. The topological polar surface area (TPSA) is 72.5 Å². The summed E-state index contributed by atoms with van der Waals surface area (Å²) >= 11 is 0. The van der Waals surface area contributed by atoms with Gasteiger partial charge in [0.15, 0.2) is 9.84 Å². The Bertz CT molecular complexity index is 579. The van der Waals surface area contributed by atoms with Gasteiger partial charge in [0, 0.05) is 0 Å². The van der Waals surface area contributed by atoms with Gasteiger partial charge in [-0.25, -0.2) is 8.42 Å². The van der Waals surface area contributed by atoms with E-state index in [9.17, 15) is 13.2 Å². The third kappa shape index (κ3) is 2.53. The van der Waals surface area contributed by atoms with Crippen LogP contribution in [0.3, 0.4) is 0 Å². The molecule has 0 saturated carbocycles. The first kappa shape index (κ1) is 12.6. The summed E-state index contributed by atoms with van der Waals surface area (Å²) in [6.45, 7) is 3.46. The molecule has 1 unspecified atom stereocenters. The van der Waals surface area contributed by atoms with E-state index < -0.39 is 15.9 Å². The number of carbonyl (C=O) groups excluding carboxylic acids is 1. The summed E-state index contributed by atoms with van der Waals surface area (Å²) in [6.07, 6.45) is 0.555. The van der Waals surface area contributed by atoms with Crippen LogP contribution in [0.4, 0.5) is 0 Å². The average molecular weight is 267 g/mol. The van der Waals surface area contributed by atoms with Gasteiger partial charge in [0.25, 0.3) is 0 Å². The highest BCUT2D eigenvalue weighted by molar-refractivity contribution is 7.91. The predicted molar refractivity (Wildman–Crippen MR) is 66.1 cm³/mol. The molecule has 18 heavy (non-hydrogen) atoms. The lowest BCUT2D eigenvalue weighted by atomic mass is 10.3. The van der Waals surface area contributed by atoms with Crippen molar-refractivity contribution in [2.45, 2.75) is 11.0 Å². The van der Waals surface area contributed by atoms with Crippen LogP contribution in [-0.2, 0) is 14.6 Å². The van der Waals surface area contributed by atoms with Crippen molar-refractivity contribution in [3.05, 3.63) is 36.9 Å². The first-order valence-electron chi connectivity index (χ1n) is 5.41. The van der Waals surface area contributed by atoms with Crippen molar-refractivity contribution in [1.29, 1.82) is 0 Å². The Morgan fingerprint density at radius 2 is 2.22 bits per heavy atom. The zero-order chi connectivity index (χ0) is 13.2. The molecule has 2 rings (SSSR count). The quantitative estimate of drug-likeness (QED) is 0.811. The van der Waals surface area contributed by atoms with E-state index in [1.807, 2.05) is 0 Å². The molecule has 0 aliphatic carbocycles. The number of amides is 1. The lowest BCUT2D eigenvalue weighted by Gasteiger charge is -2.25. The van der Waals surface area contributed by atoms with Crippen LogP contribution in [0, 0.1) is 0 Å². The Morgan fingerprint density at radius 1 is 1.50 bits per heavy atom. The molecule has 1 aliphatic heterocycles. The fraction of sp³-hybridized carbons (Fsp3) is 0.250. The van der Waals surface area contributed by atoms with Gasteiger partial charge in [0.2, 0.25) is 5.91 Å². The third-order valence-electron chi connectivity index (χ3n) is 2.57. The van der Waals surface area contributed by atoms with Crippen molar-refractivity contribution in [2.24, 2.45) is 0 Å². The molecule has 1 aromatic carbocycles. The van der Waals surface area contributed by atoms with Crippen molar-refractivity contribution in [3.63, 3.8) is 0 Å². The van der Waals surface area contributed by atoms with Gasteiger partial charge in [-0.3, -0.25) is 4.79 Å². The van der Waals surface area contributed by atoms with E-state index in [0.717, 1.165) is 6.08 Å². The highest BCUT2D eigenvalue weighted by Crippen LogP contribution is 2.30. The second kappa shape index (κ2) is 4.81. The van der Waals surface area contributed by atoms with Crippen LogP contribution in [0.25, 0.3) is 0 Å². The van der Waals surface area contributed by atoms with E-state index in [4.69, 9.17) is 4.74 Å². The number of carbonyl (C=O) groups is 1. The summed E-state index contributed by atoms with van der Waals surface area (Å²) in [6, 6.07) is 6.48. The number of benzene rings is 1. The zero-order valence-electron chi connectivity index (χ0n) is 9.63. The molecule has 0 radical (unpaired) electrons. The van der Waals surface area contributed by atoms with E-state index in [0.29, 0.717) is 5.75 Å². The van der Waals surface area contributed by atoms with Crippen molar-refractivity contribution in [3.8, 4) is 5.75 Å². The minimum atomic E-state index is -3.35. The molecule has 5 nitrogen and oxygen atoms in total. The molecule has 1 aromatic rings. The second-order valence-corrected chi connectivity index (χ2v) is 5.92. The number of hydrogen-bond acceptors (Lipinski definition) is 4. The van der Waals surface area contributed by atoms with Crippen LogP contribution in [0.15, 0.2) is 41.8 Å². The Hall–Kier alpha value is -1.82. The van der Waals surface area contributed by atoms with Crippen molar-refractivity contribution in [2.75, 3.05) is 12.3 Å². The Morgan fingerprint density at radius 3 is 2.94 bits per heavy atom. The fourth-order valence-electron chi connectivity index (χ4n) is 1.74. The lowest BCUT2D eigenvalue weighted by Crippen LogP contribution is -2.41. The standard InChI is InChI=1S/C12H13NO4S/c1-2-12(14)13-7-9-8-18(15,16)11-6-4-3-5-10(11)17-9/h2-6,9H,1,7-8H2,(H,13,14). The summed E-state index contributed by atoms with van der Waals surface area (Å²) in [5, 5.41) is 2.52. The molecule has 0 aromatic heterocycles. The van der Waals surface area contributed by atoms with E-state index in [2.05, 4.69) is 11.9 Å². The second-order valence-electron chi connectivity index (χ2n) is 3.92. The summed E-state index contributed by atoms with van der Waals surface area (Å²) in [5.41, 5.74) is 0. The number of rotatable bonds is 3. The molecule has 6 heteroatoms. The number of ether oxygens (including phenoxy) is 1. The van der Waals surface area contributed by atoms with Crippen molar-refractivity contribution < 1.29 is 17.9 Å². The number of para-hydroxylation sites is 1. The number of sulfone groups is 1. The van der Waals surface area contributed by atoms with E-state index in [-0.39, 0.29) is 23.1 Å². The number of nitrogens with one attached hydrogen (secondary N) is 1. The van der Waals surface area contributed by atoms with Crippen LogP contribution in [0.2, 0.25) is 0 Å². The predicted octanol–water partition coefficient (Wildman–Crippen LogP) is 0.523. The minimum absolute atomic E-state index is 0.137. The Balaban J connectivity index is 2.17. The highest BCUT2D eigenvalue weighted by atomic mass is 32.2. The van der Waals surface area contributed by atoms with Gasteiger partial charge in [-0.15, -0.1) is 0 Å². The molecule has 0 fully saturated rings. The van der Waals surface area contributed by atoms with Crippen LogP contribution in [-0.4, -0.2) is 32.7 Å². The lowest BCUT2D eigenvalue weighted by molar-refractivity contribution is -0.116.